The highest BCUT2D eigenvalue weighted by molar-refractivity contribution is 6.31. The summed E-state index contributed by atoms with van der Waals surface area (Å²) < 4.78 is 5.49. The van der Waals surface area contributed by atoms with Crippen LogP contribution < -0.4 is 10.6 Å². The second-order valence-corrected chi connectivity index (χ2v) is 9.05. The molecular weight excluding hydrogens is 414 g/mol. The Kier molecular flexibility index (Phi) is 7.70. The lowest BCUT2D eigenvalue weighted by molar-refractivity contribution is -0.123. The van der Waals surface area contributed by atoms with E-state index in [2.05, 4.69) is 15.5 Å². The van der Waals surface area contributed by atoms with Crippen LogP contribution in [0.15, 0.2) is 48.5 Å². The molecule has 1 saturated heterocycles. The van der Waals surface area contributed by atoms with E-state index in [0.29, 0.717) is 36.0 Å². The molecule has 0 aromatic heterocycles. The first-order valence-corrected chi connectivity index (χ1v) is 10.9. The van der Waals surface area contributed by atoms with Crippen LogP contribution in [0.1, 0.15) is 42.7 Å². The number of halogens is 1. The Morgan fingerprint density at radius 1 is 1.06 bits per heavy atom. The summed E-state index contributed by atoms with van der Waals surface area (Å²) in [6.07, 6.45) is 0. The summed E-state index contributed by atoms with van der Waals surface area (Å²) in [4.78, 5) is 27.8. The zero-order chi connectivity index (χ0) is 22.4. The van der Waals surface area contributed by atoms with Gasteiger partial charge in [-0.3, -0.25) is 14.5 Å². The van der Waals surface area contributed by atoms with Gasteiger partial charge in [-0.15, -0.1) is 0 Å². The van der Waals surface area contributed by atoms with E-state index < -0.39 is 5.41 Å². The molecule has 3 rings (SSSR count). The minimum Gasteiger partial charge on any atom is -0.379 e. The van der Waals surface area contributed by atoms with Crippen molar-refractivity contribution in [1.82, 2.24) is 10.2 Å². The molecule has 0 aliphatic carbocycles. The Morgan fingerprint density at radius 2 is 1.71 bits per heavy atom. The van der Waals surface area contributed by atoms with Crippen LogP contribution in [0.3, 0.4) is 0 Å². The fourth-order valence-corrected chi connectivity index (χ4v) is 3.72. The van der Waals surface area contributed by atoms with Gasteiger partial charge < -0.3 is 15.4 Å². The molecule has 0 saturated carbocycles. The number of nitrogens with one attached hydrogen (secondary N) is 2. The molecule has 1 atom stereocenters. The fraction of sp³-hybridized carbons (Fsp3) is 0.417. The van der Waals surface area contributed by atoms with E-state index in [9.17, 15) is 9.59 Å². The van der Waals surface area contributed by atoms with Gasteiger partial charge in [0, 0.05) is 30.1 Å². The van der Waals surface area contributed by atoms with E-state index in [1.807, 2.05) is 45.0 Å². The molecule has 2 N–H and O–H groups in total. The third-order valence-corrected chi connectivity index (χ3v) is 5.65. The summed E-state index contributed by atoms with van der Waals surface area (Å²) in [6.45, 7) is 8.73. The SMILES string of the molecule is CC(C)(C)C(=O)Nc1ccccc1C(=O)NC[C@H](c1ccccc1Cl)N1CCOCC1. The Balaban J connectivity index is 1.77. The number of para-hydroxylation sites is 1. The van der Waals surface area contributed by atoms with Crippen LogP contribution in [-0.2, 0) is 9.53 Å². The topological polar surface area (TPSA) is 70.7 Å². The quantitative estimate of drug-likeness (QED) is 0.704. The summed E-state index contributed by atoms with van der Waals surface area (Å²) in [5.41, 5.74) is 1.34. The van der Waals surface area contributed by atoms with Gasteiger partial charge in [0.25, 0.3) is 5.91 Å². The molecular formula is C24H30ClN3O3. The van der Waals surface area contributed by atoms with Crippen molar-refractivity contribution in [2.45, 2.75) is 26.8 Å². The van der Waals surface area contributed by atoms with E-state index in [1.54, 1.807) is 24.3 Å². The summed E-state index contributed by atoms with van der Waals surface area (Å²) in [7, 11) is 0. The molecule has 0 unspecified atom stereocenters. The summed E-state index contributed by atoms with van der Waals surface area (Å²) in [6, 6.07) is 14.7. The lowest BCUT2D eigenvalue weighted by Crippen LogP contribution is -2.44. The number of anilines is 1. The van der Waals surface area contributed by atoms with Crippen molar-refractivity contribution >= 4 is 29.1 Å². The molecule has 0 radical (unpaired) electrons. The van der Waals surface area contributed by atoms with Crippen molar-refractivity contribution in [2.75, 3.05) is 38.2 Å². The van der Waals surface area contributed by atoms with Crippen LogP contribution in [0.25, 0.3) is 0 Å². The molecule has 2 amide bonds. The number of benzene rings is 2. The van der Waals surface area contributed by atoms with Gasteiger partial charge in [0.05, 0.1) is 30.5 Å². The van der Waals surface area contributed by atoms with Crippen LogP contribution in [-0.4, -0.2) is 49.6 Å². The maximum absolute atomic E-state index is 13.1. The van der Waals surface area contributed by atoms with Gasteiger partial charge in [0.2, 0.25) is 5.91 Å². The number of hydrogen-bond donors (Lipinski definition) is 2. The van der Waals surface area contributed by atoms with Gasteiger partial charge in [-0.25, -0.2) is 0 Å². The Labute approximate surface area is 188 Å². The average Bonchev–Trinajstić information content (AvgIpc) is 2.75. The monoisotopic (exact) mass is 443 g/mol. The maximum atomic E-state index is 13.1. The minimum atomic E-state index is -0.560. The van der Waals surface area contributed by atoms with Crippen molar-refractivity contribution in [3.63, 3.8) is 0 Å². The molecule has 7 heteroatoms. The number of morpholine rings is 1. The van der Waals surface area contributed by atoms with E-state index in [-0.39, 0.29) is 17.9 Å². The second-order valence-electron chi connectivity index (χ2n) is 8.65. The normalized spacial score (nSPS) is 15.9. The van der Waals surface area contributed by atoms with Crippen LogP contribution in [0.5, 0.6) is 0 Å². The molecule has 1 heterocycles. The molecule has 166 valence electrons. The Morgan fingerprint density at radius 3 is 2.39 bits per heavy atom. The first-order valence-electron chi connectivity index (χ1n) is 10.5. The number of nitrogens with zero attached hydrogens (tertiary/aromatic N) is 1. The molecule has 2 aromatic rings. The number of amides is 2. The molecule has 1 aliphatic heterocycles. The smallest absolute Gasteiger partial charge is 0.253 e. The van der Waals surface area contributed by atoms with Crippen LogP contribution >= 0.6 is 11.6 Å². The molecule has 0 spiro atoms. The van der Waals surface area contributed by atoms with Gasteiger partial charge in [0.15, 0.2) is 0 Å². The van der Waals surface area contributed by atoms with Gasteiger partial charge in [-0.05, 0) is 23.8 Å². The first kappa shape index (κ1) is 23.3. The van der Waals surface area contributed by atoms with E-state index in [1.165, 1.54) is 0 Å². The third-order valence-electron chi connectivity index (χ3n) is 5.31. The van der Waals surface area contributed by atoms with Gasteiger partial charge >= 0.3 is 0 Å². The molecule has 1 aliphatic rings. The third kappa shape index (κ3) is 6.06. The van der Waals surface area contributed by atoms with Gasteiger partial charge in [-0.1, -0.05) is 62.7 Å². The van der Waals surface area contributed by atoms with Gasteiger partial charge in [0.1, 0.15) is 0 Å². The highest BCUT2D eigenvalue weighted by Gasteiger charge is 2.26. The highest BCUT2D eigenvalue weighted by Crippen LogP contribution is 2.28. The fourth-order valence-electron chi connectivity index (χ4n) is 3.45. The molecule has 2 aromatic carbocycles. The second kappa shape index (κ2) is 10.3. The number of carbonyl (C=O) groups is 2. The number of carbonyl (C=O) groups excluding carboxylic acids is 2. The van der Waals surface area contributed by atoms with Crippen molar-refractivity contribution in [1.29, 1.82) is 0 Å². The van der Waals surface area contributed by atoms with Crippen molar-refractivity contribution in [3.8, 4) is 0 Å². The average molecular weight is 444 g/mol. The van der Waals surface area contributed by atoms with E-state index >= 15 is 0 Å². The number of ether oxygens (including phenoxy) is 1. The Bertz CT molecular complexity index is 920. The molecule has 31 heavy (non-hydrogen) atoms. The standard InChI is InChI=1S/C24H30ClN3O3/c1-24(2,3)23(30)27-20-11-7-5-9-18(20)22(29)26-16-21(28-12-14-31-15-13-28)17-8-4-6-10-19(17)25/h4-11,21H,12-16H2,1-3H3,(H,26,29)(H,27,30)/t21-/m1/s1. The summed E-state index contributed by atoms with van der Waals surface area (Å²) >= 11 is 6.48. The van der Waals surface area contributed by atoms with Gasteiger partial charge in [-0.2, -0.15) is 0 Å². The molecule has 6 nitrogen and oxygen atoms in total. The highest BCUT2D eigenvalue weighted by atomic mass is 35.5. The van der Waals surface area contributed by atoms with Crippen LogP contribution in [0.2, 0.25) is 5.02 Å². The maximum Gasteiger partial charge on any atom is 0.253 e. The lowest BCUT2D eigenvalue weighted by Gasteiger charge is -2.35. The number of rotatable bonds is 6. The summed E-state index contributed by atoms with van der Waals surface area (Å²) in [5, 5.41) is 6.59. The largest absolute Gasteiger partial charge is 0.379 e. The van der Waals surface area contributed by atoms with Crippen molar-refractivity contribution in [3.05, 3.63) is 64.7 Å². The Hall–Kier alpha value is -2.41. The van der Waals surface area contributed by atoms with Crippen LogP contribution in [0.4, 0.5) is 5.69 Å². The first-order chi connectivity index (χ1) is 14.8. The minimum absolute atomic E-state index is 0.0714. The molecule has 1 fully saturated rings. The number of hydrogen-bond acceptors (Lipinski definition) is 4. The van der Waals surface area contributed by atoms with Crippen molar-refractivity contribution in [2.24, 2.45) is 5.41 Å². The lowest BCUT2D eigenvalue weighted by atomic mass is 9.95. The zero-order valence-electron chi connectivity index (χ0n) is 18.3. The molecule has 0 bridgehead atoms. The van der Waals surface area contributed by atoms with Crippen LogP contribution in [0, 0.1) is 5.41 Å². The van der Waals surface area contributed by atoms with E-state index in [0.717, 1.165) is 18.7 Å². The predicted molar refractivity (Wildman–Crippen MR) is 123 cm³/mol. The predicted octanol–water partition coefficient (Wildman–Crippen LogP) is 4.13. The van der Waals surface area contributed by atoms with E-state index in [4.69, 9.17) is 16.3 Å². The van der Waals surface area contributed by atoms with Crippen molar-refractivity contribution < 1.29 is 14.3 Å². The zero-order valence-corrected chi connectivity index (χ0v) is 19.0. The summed E-state index contributed by atoms with van der Waals surface area (Å²) in [5.74, 6) is -0.384.